The predicted octanol–water partition coefficient (Wildman–Crippen LogP) is 3.07. The van der Waals surface area contributed by atoms with Gasteiger partial charge in [0.05, 0.1) is 28.1 Å². The molecule has 1 saturated heterocycles. The summed E-state index contributed by atoms with van der Waals surface area (Å²) in [7, 11) is -1.13. The van der Waals surface area contributed by atoms with Crippen LogP contribution in [0.1, 0.15) is 62.4 Å². The fraction of sp³-hybridized carbons (Fsp3) is 0.600. The van der Waals surface area contributed by atoms with E-state index in [2.05, 4.69) is 11.2 Å². The molecule has 1 atom stereocenters. The number of hydrogen-bond donors (Lipinski definition) is 0. The standard InChI is InChI=1S/C20H27N3O3S2/c1-13-17(14(2)23(21-13)16-8-9-28(25,26)12-16)11-22(3)20(24)19-10-15-6-4-5-7-18(15)27-19/h10,16H,4-9,11-12H2,1-3H3/t16-/m1/s1. The topological polar surface area (TPSA) is 72.3 Å². The molecule has 152 valence electrons. The lowest BCUT2D eigenvalue weighted by Crippen LogP contribution is -2.26. The normalized spacial score (nSPS) is 20.9. The quantitative estimate of drug-likeness (QED) is 0.761. The van der Waals surface area contributed by atoms with Crippen LogP contribution in [0.25, 0.3) is 0 Å². The van der Waals surface area contributed by atoms with Crippen LogP contribution >= 0.6 is 11.3 Å². The van der Waals surface area contributed by atoms with Gasteiger partial charge in [-0.1, -0.05) is 0 Å². The van der Waals surface area contributed by atoms with Gasteiger partial charge in [0, 0.05) is 29.7 Å². The van der Waals surface area contributed by atoms with E-state index in [1.165, 1.54) is 23.3 Å². The molecule has 3 heterocycles. The summed E-state index contributed by atoms with van der Waals surface area (Å²) in [5, 5.41) is 4.61. The molecular weight excluding hydrogens is 394 g/mol. The second kappa shape index (κ2) is 7.30. The van der Waals surface area contributed by atoms with E-state index >= 15 is 0 Å². The fourth-order valence-corrected chi connectivity index (χ4v) is 7.28. The molecule has 1 fully saturated rings. The van der Waals surface area contributed by atoms with Crippen molar-refractivity contribution in [2.45, 2.75) is 58.5 Å². The molecule has 0 spiro atoms. The van der Waals surface area contributed by atoms with Gasteiger partial charge in [-0.25, -0.2) is 8.42 Å². The molecule has 1 aliphatic heterocycles. The summed E-state index contributed by atoms with van der Waals surface area (Å²) in [5.74, 6) is 0.436. The van der Waals surface area contributed by atoms with E-state index in [4.69, 9.17) is 0 Å². The van der Waals surface area contributed by atoms with Crippen molar-refractivity contribution in [1.29, 1.82) is 0 Å². The number of aryl methyl sites for hydroxylation is 3. The maximum absolute atomic E-state index is 13.0. The summed E-state index contributed by atoms with van der Waals surface area (Å²) < 4.78 is 25.5. The first kappa shape index (κ1) is 19.6. The number of thiophene rings is 1. The van der Waals surface area contributed by atoms with Crippen LogP contribution in [-0.4, -0.2) is 47.6 Å². The number of aromatic nitrogens is 2. The maximum Gasteiger partial charge on any atom is 0.263 e. The van der Waals surface area contributed by atoms with Gasteiger partial charge in [0.25, 0.3) is 5.91 Å². The van der Waals surface area contributed by atoms with Crippen LogP contribution in [0.4, 0.5) is 0 Å². The lowest BCUT2D eigenvalue weighted by molar-refractivity contribution is 0.0789. The Balaban J connectivity index is 1.52. The molecule has 0 aromatic carbocycles. The van der Waals surface area contributed by atoms with Crippen LogP contribution in [0.3, 0.4) is 0 Å². The second-order valence-corrected chi connectivity index (χ2v) is 11.4. The highest BCUT2D eigenvalue weighted by molar-refractivity contribution is 7.91. The van der Waals surface area contributed by atoms with Crippen molar-refractivity contribution in [2.24, 2.45) is 0 Å². The van der Waals surface area contributed by atoms with Crippen LogP contribution in [0.15, 0.2) is 6.07 Å². The third kappa shape index (κ3) is 3.64. The Morgan fingerprint density at radius 3 is 2.75 bits per heavy atom. The number of sulfone groups is 1. The van der Waals surface area contributed by atoms with Gasteiger partial charge < -0.3 is 4.90 Å². The minimum absolute atomic E-state index is 0.0504. The summed E-state index contributed by atoms with van der Waals surface area (Å²) in [6.45, 7) is 4.39. The molecule has 1 amide bonds. The zero-order valence-electron chi connectivity index (χ0n) is 16.7. The fourth-order valence-electron chi connectivity index (χ4n) is 4.34. The predicted molar refractivity (Wildman–Crippen MR) is 111 cm³/mol. The molecule has 0 unspecified atom stereocenters. The van der Waals surface area contributed by atoms with Crippen LogP contribution in [0, 0.1) is 13.8 Å². The second-order valence-electron chi connectivity index (χ2n) is 8.08. The van der Waals surface area contributed by atoms with Gasteiger partial charge in [0.15, 0.2) is 9.84 Å². The summed E-state index contributed by atoms with van der Waals surface area (Å²) in [6, 6.07) is 1.98. The maximum atomic E-state index is 13.0. The first-order valence-corrected chi connectivity index (χ1v) is 12.5. The highest BCUT2D eigenvalue weighted by atomic mass is 32.2. The van der Waals surface area contributed by atoms with Crippen LogP contribution in [0.2, 0.25) is 0 Å². The molecule has 0 radical (unpaired) electrons. The summed E-state index contributed by atoms with van der Waals surface area (Å²) >= 11 is 1.64. The molecular formula is C20H27N3O3S2. The number of carbonyl (C=O) groups excluding carboxylic acids is 1. The number of carbonyl (C=O) groups is 1. The zero-order chi connectivity index (χ0) is 20.1. The SMILES string of the molecule is Cc1nn([C@@H]2CCS(=O)(=O)C2)c(C)c1CN(C)C(=O)c1cc2c(s1)CCCC2. The highest BCUT2D eigenvalue weighted by Gasteiger charge is 2.32. The zero-order valence-corrected chi connectivity index (χ0v) is 18.3. The Kier molecular flexibility index (Phi) is 5.12. The van der Waals surface area contributed by atoms with Gasteiger partial charge in [-0.3, -0.25) is 9.48 Å². The Hall–Kier alpha value is -1.67. The van der Waals surface area contributed by atoms with Crippen LogP contribution < -0.4 is 0 Å². The monoisotopic (exact) mass is 421 g/mol. The van der Waals surface area contributed by atoms with Gasteiger partial charge in [-0.05, 0) is 57.6 Å². The van der Waals surface area contributed by atoms with Crippen molar-refractivity contribution in [3.8, 4) is 0 Å². The minimum atomic E-state index is -2.96. The van der Waals surface area contributed by atoms with E-state index in [0.29, 0.717) is 13.0 Å². The average molecular weight is 422 g/mol. The number of amides is 1. The van der Waals surface area contributed by atoms with E-state index in [-0.39, 0.29) is 23.5 Å². The third-order valence-electron chi connectivity index (χ3n) is 5.98. The molecule has 2 aromatic rings. The molecule has 2 aliphatic rings. The van der Waals surface area contributed by atoms with Gasteiger partial charge >= 0.3 is 0 Å². The molecule has 28 heavy (non-hydrogen) atoms. The van der Waals surface area contributed by atoms with Gasteiger partial charge in [0.1, 0.15) is 0 Å². The lowest BCUT2D eigenvalue weighted by atomic mass is 9.99. The van der Waals surface area contributed by atoms with Gasteiger partial charge in [-0.2, -0.15) is 5.10 Å². The first-order valence-electron chi connectivity index (χ1n) is 9.87. The number of nitrogens with zero attached hydrogens (tertiary/aromatic N) is 3. The number of fused-ring (bicyclic) bond motifs is 1. The molecule has 0 bridgehead atoms. The van der Waals surface area contributed by atoms with E-state index in [9.17, 15) is 13.2 Å². The summed E-state index contributed by atoms with van der Waals surface area (Å²) in [4.78, 5) is 16.9. The third-order valence-corrected chi connectivity index (χ3v) is 8.95. The van der Waals surface area contributed by atoms with Crippen LogP contribution in [0.5, 0.6) is 0 Å². The molecule has 6 nitrogen and oxygen atoms in total. The molecule has 0 N–H and O–H groups in total. The summed E-state index contributed by atoms with van der Waals surface area (Å²) in [5.41, 5.74) is 4.19. The number of hydrogen-bond acceptors (Lipinski definition) is 5. The van der Waals surface area contributed by atoms with Gasteiger partial charge in [-0.15, -0.1) is 11.3 Å². The number of rotatable bonds is 4. The first-order chi connectivity index (χ1) is 13.2. The largest absolute Gasteiger partial charge is 0.337 e. The van der Waals surface area contributed by atoms with Crippen molar-refractivity contribution in [2.75, 3.05) is 18.6 Å². The molecule has 4 rings (SSSR count). The van der Waals surface area contributed by atoms with E-state index in [1.807, 2.05) is 25.6 Å². The van der Waals surface area contributed by atoms with Crippen molar-refractivity contribution in [3.05, 3.63) is 38.3 Å². The molecule has 0 saturated carbocycles. The van der Waals surface area contributed by atoms with Crippen LogP contribution in [-0.2, 0) is 29.2 Å². The minimum Gasteiger partial charge on any atom is -0.337 e. The Labute approximate surface area is 170 Å². The van der Waals surface area contributed by atoms with Gasteiger partial charge in [0.2, 0.25) is 0 Å². The van der Waals surface area contributed by atoms with E-state index in [0.717, 1.165) is 34.7 Å². The van der Waals surface area contributed by atoms with E-state index < -0.39 is 9.84 Å². The average Bonchev–Trinajstić information content (AvgIpc) is 3.32. The Bertz CT molecular complexity index is 996. The van der Waals surface area contributed by atoms with Crippen molar-refractivity contribution in [3.63, 3.8) is 0 Å². The molecule has 8 heteroatoms. The van der Waals surface area contributed by atoms with Crippen molar-refractivity contribution < 1.29 is 13.2 Å². The smallest absolute Gasteiger partial charge is 0.263 e. The Morgan fingerprint density at radius 2 is 2.07 bits per heavy atom. The lowest BCUT2D eigenvalue weighted by Gasteiger charge is -2.17. The highest BCUT2D eigenvalue weighted by Crippen LogP contribution is 2.31. The van der Waals surface area contributed by atoms with Crippen molar-refractivity contribution >= 4 is 27.1 Å². The molecule has 1 aliphatic carbocycles. The summed E-state index contributed by atoms with van der Waals surface area (Å²) in [6.07, 6.45) is 5.21. The molecule has 2 aromatic heterocycles. The van der Waals surface area contributed by atoms with Crippen molar-refractivity contribution in [1.82, 2.24) is 14.7 Å². The van der Waals surface area contributed by atoms with E-state index in [1.54, 1.807) is 16.2 Å². The Morgan fingerprint density at radius 1 is 1.32 bits per heavy atom.